The number of hydrogen-bond acceptors (Lipinski definition) is 4. The van der Waals surface area contributed by atoms with Gasteiger partial charge in [-0.15, -0.1) is 0 Å². The van der Waals surface area contributed by atoms with E-state index in [1.54, 1.807) is 12.1 Å². The molecule has 7 nitrogen and oxygen atoms in total. The second-order valence-electron chi connectivity index (χ2n) is 6.29. The van der Waals surface area contributed by atoms with Crippen molar-refractivity contribution in [3.8, 4) is 0 Å². The largest absolute Gasteiger partial charge is 0.343 e. The average molecular weight is 347 g/mol. The summed E-state index contributed by atoms with van der Waals surface area (Å²) in [7, 11) is 1.90. The molecule has 126 valence electrons. The molecule has 0 unspecified atom stereocenters. The summed E-state index contributed by atoms with van der Waals surface area (Å²) in [4.78, 5) is 16.7. The smallest absolute Gasteiger partial charge is 0.272 e. The number of hydrogen-bond donors (Lipinski definition) is 3. The van der Waals surface area contributed by atoms with Gasteiger partial charge in [0, 0.05) is 12.1 Å². The van der Waals surface area contributed by atoms with Crippen molar-refractivity contribution in [2.24, 2.45) is 12.8 Å². The summed E-state index contributed by atoms with van der Waals surface area (Å²) in [6, 6.07) is 7.17. The fourth-order valence-electron chi connectivity index (χ4n) is 2.40. The van der Waals surface area contributed by atoms with Crippen LogP contribution in [0.1, 0.15) is 35.9 Å². The number of nitrogens with one attached hydrogen (secondary N) is 2. The molecule has 24 heavy (non-hydrogen) atoms. The Labute approximate surface area is 144 Å². The maximum absolute atomic E-state index is 12.2. The van der Waals surface area contributed by atoms with Crippen molar-refractivity contribution in [2.45, 2.75) is 25.9 Å². The number of halogens is 1. The molecule has 0 aliphatic carbocycles. The van der Waals surface area contributed by atoms with Gasteiger partial charge in [-0.3, -0.25) is 9.89 Å². The van der Waals surface area contributed by atoms with E-state index in [4.69, 9.17) is 17.3 Å². The molecule has 0 bridgehead atoms. The van der Waals surface area contributed by atoms with Gasteiger partial charge in [0.15, 0.2) is 0 Å². The van der Waals surface area contributed by atoms with Crippen LogP contribution in [0.5, 0.6) is 0 Å². The zero-order valence-corrected chi connectivity index (χ0v) is 14.5. The number of nitrogens with two attached hydrogens (primary N) is 1. The molecule has 0 aliphatic heterocycles. The number of carbonyl (C=O) groups excluding carboxylic acids is 1. The van der Waals surface area contributed by atoms with Crippen molar-refractivity contribution in [3.63, 3.8) is 0 Å². The Morgan fingerprint density at radius 2 is 2.17 bits per heavy atom. The molecule has 0 spiro atoms. The molecular formula is C16H19ClN6O. The number of nitrogens with zero attached hydrogens (tertiary/aromatic N) is 3. The van der Waals surface area contributed by atoms with Crippen molar-refractivity contribution in [1.29, 1.82) is 0 Å². The normalized spacial score (nSPS) is 11.9. The van der Waals surface area contributed by atoms with Crippen molar-refractivity contribution in [2.75, 3.05) is 0 Å². The van der Waals surface area contributed by atoms with Crippen LogP contribution < -0.4 is 11.1 Å². The summed E-state index contributed by atoms with van der Waals surface area (Å²) < 4.78 is 1.92. The Hall–Kier alpha value is -2.38. The lowest BCUT2D eigenvalue weighted by molar-refractivity contribution is 0.0944. The topological polar surface area (TPSA) is 102 Å². The molecule has 0 saturated heterocycles. The first-order valence-corrected chi connectivity index (χ1v) is 7.87. The van der Waals surface area contributed by atoms with E-state index in [-0.39, 0.29) is 12.5 Å². The Morgan fingerprint density at radius 1 is 1.42 bits per heavy atom. The molecule has 0 saturated carbocycles. The van der Waals surface area contributed by atoms with E-state index < -0.39 is 5.54 Å². The molecule has 3 rings (SSSR count). The highest BCUT2D eigenvalue weighted by molar-refractivity contribution is 6.31. The van der Waals surface area contributed by atoms with Crippen molar-refractivity contribution in [1.82, 2.24) is 25.1 Å². The minimum absolute atomic E-state index is 0.285. The minimum atomic E-state index is -0.581. The molecule has 2 heterocycles. The van der Waals surface area contributed by atoms with Gasteiger partial charge in [-0.05, 0) is 38.1 Å². The lowest BCUT2D eigenvalue weighted by Crippen LogP contribution is -2.29. The summed E-state index contributed by atoms with van der Waals surface area (Å²) in [6.45, 7) is 3.97. The second-order valence-corrected chi connectivity index (χ2v) is 6.73. The maximum atomic E-state index is 12.2. The zero-order valence-electron chi connectivity index (χ0n) is 13.7. The quantitative estimate of drug-likeness (QED) is 0.673. The third kappa shape index (κ3) is 3.13. The number of rotatable bonds is 4. The van der Waals surface area contributed by atoms with E-state index in [2.05, 4.69) is 20.5 Å². The lowest BCUT2D eigenvalue weighted by Gasteiger charge is -2.14. The van der Waals surface area contributed by atoms with Gasteiger partial charge in [0.05, 0.1) is 28.8 Å². The highest BCUT2D eigenvalue weighted by atomic mass is 35.5. The van der Waals surface area contributed by atoms with Crippen LogP contribution in [-0.2, 0) is 19.1 Å². The van der Waals surface area contributed by atoms with Crippen LogP contribution in [0, 0.1) is 0 Å². The van der Waals surface area contributed by atoms with Crippen LogP contribution >= 0.6 is 11.6 Å². The second kappa shape index (κ2) is 5.92. The maximum Gasteiger partial charge on any atom is 0.272 e. The van der Waals surface area contributed by atoms with Gasteiger partial charge in [-0.1, -0.05) is 11.6 Å². The summed E-state index contributed by atoms with van der Waals surface area (Å²) in [5.41, 5.74) is 8.14. The monoisotopic (exact) mass is 346 g/mol. The average Bonchev–Trinajstić information content (AvgIpc) is 3.10. The number of aromatic amines is 1. The van der Waals surface area contributed by atoms with Crippen LogP contribution in [0.4, 0.5) is 0 Å². The molecule has 0 atom stereocenters. The van der Waals surface area contributed by atoms with Crippen LogP contribution in [-0.4, -0.2) is 25.7 Å². The van der Waals surface area contributed by atoms with E-state index in [0.717, 1.165) is 16.9 Å². The standard InChI is InChI=1S/C16H19ClN6O/c1-16(2,18)13-7-11(21-22-13)15(24)19-8-14-20-10-6-9(17)4-5-12(10)23(14)3/h4-7H,8,18H2,1-3H3,(H,19,24)(H,21,22). The van der Waals surface area contributed by atoms with Crippen LogP contribution in [0.15, 0.2) is 24.3 Å². The van der Waals surface area contributed by atoms with E-state index in [9.17, 15) is 4.79 Å². The Bertz CT molecular complexity index is 905. The zero-order chi connectivity index (χ0) is 17.5. The molecule has 3 aromatic rings. The molecule has 2 aromatic heterocycles. The number of benzene rings is 1. The number of amides is 1. The Morgan fingerprint density at radius 3 is 2.83 bits per heavy atom. The lowest BCUT2D eigenvalue weighted by atomic mass is 10.0. The van der Waals surface area contributed by atoms with E-state index in [1.807, 2.05) is 37.6 Å². The Kier molecular flexibility index (Phi) is 4.06. The number of H-pyrrole nitrogens is 1. The van der Waals surface area contributed by atoms with E-state index in [0.29, 0.717) is 16.4 Å². The Balaban J connectivity index is 1.75. The first-order chi connectivity index (χ1) is 11.3. The van der Waals surface area contributed by atoms with Gasteiger partial charge in [0.2, 0.25) is 0 Å². The molecule has 4 N–H and O–H groups in total. The third-order valence-electron chi connectivity index (χ3n) is 3.85. The summed E-state index contributed by atoms with van der Waals surface area (Å²) in [5, 5.41) is 10.2. The molecule has 0 fully saturated rings. The molecule has 1 aromatic carbocycles. The highest BCUT2D eigenvalue weighted by Gasteiger charge is 2.20. The summed E-state index contributed by atoms with van der Waals surface area (Å²) >= 11 is 5.99. The molecule has 1 amide bonds. The number of aromatic nitrogens is 4. The minimum Gasteiger partial charge on any atom is -0.343 e. The van der Waals surface area contributed by atoms with Crippen LogP contribution in [0.3, 0.4) is 0 Å². The SMILES string of the molecule is Cn1c(CNC(=O)c2cc(C(C)(C)N)[nH]n2)nc2cc(Cl)ccc21. The predicted octanol–water partition coefficient (Wildman–Crippen LogP) is 2.07. The van der Waals surface area contributed by atoms with Crippen molar-refractivity contribution < 1.29 is 4.79 Å². The van der Waals surface area contributed by atoms with E-state index >= 15 is 0 Å². The van der Waals surface area contributed by atoms with Crippen molar-refractivity contribution >= 4 is 28.5 Å². The third-order valence-corrected chi connectivity index (χ3v) is 4.08. The van der Waals surface area contributed by atoms with Gasteiger partial charge in [-0.25, -0.2) is 4.98 Å². The molecular weight excluding hydrogens is 328 g/mol. The fourth-order valence-corrected chi connectivity index (χ4v) is 2.57. The fraction of sp³-hybridized carbons (Fsp3) is 0.312. The molecule has 0 aliphatic rings. The molecule has 0 radical (unpaired) electrons. The number of aryl methyl sites for hydroxylation is 1. The number of fused-ring (bicyclic) bond motifs is 1. The summed E-state index contributed by atoms with van der Waals surface area (Å²) in [5.74, 6) is 0.447. The van der Waals surface area contributed by atoms with Gasteiger partial charge < -0.3 is 15.6 Å². The van der Waals surface area contributed by atoms with Gasteiger partial charge in [-0.2, -0.15) is 5.10 Å². The number of carbonyl (C=O) groups is 1. The highest BCUT2D eigenvalue weighted by Crippen LogP contribution is 2.19. The number of imidazole rings is 1. The van der Waals surface area contributed by atoms with Crippen molar-refractivity contribution in [3.05, 3.63) is 46.5 Å². The van der Waals surface area contributed by atoms with Gasteiger partial charge >= 0.3 is 0 Å². The van der Waals surface area contributed by atoms with Crippen LogP contribution in [0.25, 0.3) is 11.0 Å². The van der Waals surface area contributed by atoms with E-state index in [1.165, 1.54) is 0 Å². The predicted molar refractivity (Wildman–Crippen MR) is 92.7 cm³/mol. The van der Waals surface area contributed by atoms with Gasteiger partial charge in [0.1, 0.15) is 11.5 Å². The summed E-state index contributed by atoms with van der Waals surface area (Å²) in [6.07, 6.45) is 0. The van der Waals surface area contributed by atoms with Crippen LogP contribution in [0.2, 0.25) is 5.02 Å². The molecule has 8 heteroatoms. The first-order valence-electron chi connectivity index (χ1n) is 7.49. The first kappa shape index (κ1) is 16.5. The van der Waals surface area contributed by atoms with Gasteiger partial charge in [0.25, 0.3) is 5.91 Å².